The highest BCUT2D eigenvalue weighted by Gasteiger charge is 2.19. The zero-order valence-corrected chi connectivity index (χ0v) is 14.5. The first-order chi connectivity index (χ1) is 10.3. The van der Waals surface area contributed by atoms with Crippen LogP contribution in [0.5, 0.6) is 0 Å². The Morgan fingerprint density at radius 1 is 1.14 bits per heavy atom. The zero-order chi connectivity index (χ0) is 16.2. The molecule has 1 aliphatic rings. The molecule has 1 fully saturated rings. The number of ether oxygens (including phenoxy) is 1. The van der Waals surface area contributed by atoms with Gasteiger partial charge in [0.25, 0.3) is 0 Å². The molecule has 5 nitrogen and oxygen atoms in total. The Morgan fingerprint density at radius 2 is 1.73 bits per heavy atom. The van der Waals surface area contributed by atoms with E-state index >= 15 is 0 Å². The third kappa shape index (κ3) is 4.78. The summed E-state index contributed by atoms with van der Waals surface area (Å²) in [6, 6.07) is 7.15. The Hall–Kier alpha value is -0.950. The van der Waals surface area contributed by atoms with Gasteiger partial charge >= 0.3 is 0 Å². The zero-order valence-electron chi connectivity index (χ0n) is 13.7. The summed E-state index contributed by atoms with van der Waals surface area (Å²) in [5.74, 6) is 0. The highest BCUT2D eigenvalue weighted by Crippen LogP contribution is 2.23. The van der Waals surface area contributed by atoms with Gasteiger partial charge in [-0.1, -0.05) is 32.9 Å². The summed E-state index contributed by atoms with van der Waals surface area (Å²) in [5.41, 5.74) is 1.15. The summed E-state index contributed by atoms with van der Waals surface area (Å²) in [4.78, 5) is 1.72. The van der Waals surface area contributed by atoms with Crippen LogP contribution in [0.25, 0.3) is 0 Å². The molecule has 0 aromatic heterocycles. The molecule has 0 bridgehead atoms. The molecule has 124 valence electrons. The first kappa shape index (κ1) is 17.4. The predicted molar refractivity (Wildman–Crippen MR) is 86.7 cm³/mol. The van der Waals surface area contributed by atoms with Gasteiger partial charge in [0.1, 0.15) is 13.1 Å². The standard InChI is InChI=1S/C16H26N2O3S/c1-16(2,3)14-4-6-15(7-5-14)22(19,20)17-8-9-18-10-12-21-13-11-18/h4-7,17H,8-13H2,1-3H3/p+1. The molecule has 0 atom stereocenters. The Labute approximate surface area is 133 Å². The lowest BCUT2D eigenvalue weighted by atomic mass is 9.87. The van der Waals surface area contributed by atoms with E-state index in [0.717, 1.165) is 38.4 Å². The summed E-state index contributed by atoms with van der Waals surface area (Å²) in [6.45, 7) is 11.0. The summed E-state index contributed by atoms with van der Waals surface area (Å²) < 4.78 is 32.6. The fraction of sp³-hybridized carbons (Fsp3) is 0.625. The molecular weight excluding hydrogens is 300 g/mol. The third-order valence-corrected chi connectivity index (χ3v) is 5.48. The highest BCUT2D eigenvalue weighted by molar-refractivity contribution is 7.89. The minimum absolute atomic E-state index is 0.0232. The number of nitrogens with one attached hydrogen (secondary N) is 2. The van der Waals surface area contributed by atoms with Gasteiger partial charge in [-0.25, -0.2) is 13.1 Å². The molecule has 1 aromatic carbocycles. The van der Waals surface area contributed by atoms with Crippen LogP contribution in [-0.2, 0) is 20.2 Å². The number of quaternary nitrogens is 1. The molecule has 22 heavy (non-hydrogen) atoms. The lowest BCUT2D eigenvalue weighted by Gasteiger charge is -2.23. The van der Waals surface area contributed by atoms with Crippen molar-refractivity contribution < 1.29 is 18.1 Å². The van der Waals surface area contributed by atoms with E-state index in [-0.39, 0.29) is 5.41 Å². The highest BCUT2D eigenvalue weighted by atomic mass is 32.2. The van der Waals surface area contributed by atoms with E-state index in [9.17, 15) is 8.42 Å². The Morgan fingerprint density at radius 3 is 2.27 bits per heavy atom. The molecule has 1 aliphatic heterocycles. The van der Waals surface area contributed by atoms with Gasteiger partial charge < -0.3 is 9.64 Å². The molecular formula is C16H27N2O3S+. The van der Waals surface area contributed by atoms with Crippen molar-refractivity contribution in [2.75, 3.05) is 39.4 Å². The van der Waals surface area contributed by atoms with Crippen molar-refractivity contribution in [2.24, 2.45) is 0 Å². The molecule has 0 aliphatic carbocycles. The second-order valence-electron chi connectivity index (χ2n) is 6.78. The van der Waals surface area contributed by atoms with Crippen molar-refractivity contribution in [3.05, 3.63) is 29.8 Å². The quantitative estimate of drug-likeness (QED) is 0.811. The number of benzene rings is 1. The number of hydrogen-bond acceptors (Lipinski definition) is 3. The Balaban J connectivity index is 1.92. The monoisotopic (exact) mass is 327 g/mol. The molecule has 2 N–H and O–H groups in total. The molecule has 0 saturated carbocycles. The van der Waals surface area contributed by atoms with Crippen molar-refractivity contribution in [2.45, 2.75) is 31.1 Å². The van der Waals surface area contributed by atoms with Crippen molar-refractivity contribution >= 4 is 10.0 Å². The third-order valence-electron chi connectivity index (χ3n) is 4.00. The molecule has 2 rings (SSSR count). The summed E-state index contributed by atoms with van der Waals surface area (Å²) in [5, 5.41) is 0. The fourth-order valence-electron chi connectivity index (χ4n) is 2.49. The summed E-state index contributed by atoms with van der Waals surface area (Å²) >= 11 is 0. The largest absolute Gasteiger partial charge is 0.370 e. The molecule has 1 heterocycles. The van der Waals surface area contributed by atoms with Crippen LogP contribution in [0.15, 0.2) is 29.2 Å². The van der Waals surface area contributed by atoms with Gasteiger partial charge in [0.15, 0.2) is 0 Å². The van der Waals surface area contributed by atoms with Crippen molar-refractivity contribution in [3.63, 3.8) is 0 Å². The average Bonchev–Trinajstić information content (AvgIpc) is 2.47. The van der Waals surface area contributed by atoms with Crippen LogP contribution < -0.4 is 9.62 Å². The molecule has 6 heteroatoms. The smallest absolute Gasteiger partial charge is 0.240 e. The van der Waals surface area contributed by atoms with Crippen LogP contribution in [0.2, 0.25) is 0 Å². The number of morpholine rings is 1. The van der Waals surface area contributed by atoms with Crippen LogP contribution in [0, 0.1) is 0 Å². The number of rotatable bonds is 5. The van der Waals surface area contributed by atoms with Gasteiger partial charge in [-0.3, -0.25) is 0 Å². The fourth-order valence-corrected chi connectivity index (χ4v) is 3.52. The van der Waals surface area contributed by atoms with Crippen molar-refractivity contribution in [1.29, 1.82) is 0 Å². The lowest BCUT2D eigenvalue weighted by Crippen LogP contribution is -3.14. The van der Waals surface area contributed by atoms with Crippen molar-refractivity contribution in [1.82, 2.24) is 4.72 Å². The normalized spacial score (nSPS) is 17.6. The van der Waals surface area contributed by atoms with Crippen LogP contribution in [-0.4, -0.2) is 47.8 Å². The van der Waals surface area contributed by atoms with E-state index in [1.54, 1.807) is 12.1 Å². The number of sulfonamides is 1. The minimum atomic E-state index is -3.42. The van der Waals surface area contributed by atoms with Crippen LogP contribution >= 0.6 is 0 Å². The van der Waals surface area contributed by atoms with Gasteiger partial charge in [0, 0.05) is 0 Å². The van der Waals surface area contributed by atoms with E-state index in [1.165, 1.54) is 4.90 Å². The van der Waals surface area contributed by atoms with Gasteiger partial charge in [0.2, 0.25) is 10.0 Å². The number of hydrogen-bond donors (Lipinski definition) is 2. The van der Waals surface area contributed by atoms with Crippen LogP contribution in [0.4, 0.5) is 0 Å². The minimum Gasteiger partial charge on any atom is -0.370 e. The Bertz CT molecular complexity index is 570. The SMILES string of the molecule is CC(C)(C)c1ccc(S(=O)(=O)NCC[NH+]2CCOCC2)cc1. The first-order valence-corrected chi connectivity index (χ1v) is 9.29. The first-order valence-electron chi connectivity index (χ1n) is 7.80. The lowest BCUT2D eigenvalue weighted by molar-refractivity contribution is -0.906. The van der Waals surface area contributed by atoms with Gasteiger partial charge in [-0.15, -0.1) is 0 Å². The van der Waals surface area contributed by atoms with E-state index < -0.39 is 10.0 Å². The molecule has 1 saturated heterocycles. The van der Waals surface area contributed by atoms with E-state index in [0.29, 0.717) is 11.4 Å². The molecule has 0 amide bonds. The van der Waals surface area contributed by atoms with Crippen LogP contribution in [0.1, 0.15) is 26.3 Å². The maximum absolute atomic E-state index is 12.3. The van der Waals surface area contributed by atoms with Crippen LogP contribution in [0.3, 0.4) is 0 Å². The molecule has 0 radical (unpaired) electrons. The van der Waals surface area contributed by atoms with E-state index in [4.69, 9.17) is 4.74 Å². The second-order valence-corrected chi connectivity index (χ2v) is 8.55. The van der Waals surface area contributed by atoms with E-state index in [2.05, 4.69) is 25.5 Å². The second kappa shape index (κ2) is 7.08. The average molecular weight is 327 g/mol. The van der Waals surface area contributed by atoms with Gasteiger partial charge in [-0.05, 0) is 23.1 Å². The van der Waals surface area contributed by atoms with E-state index in [1.807, 2.05) is 12.1 Å². The van der Waals surface area contributed by atoms with Gasteiger partial charge in [0.05, 0.1) is 31.2 Å². The maximum Gasteiger partial charge on any atom is 0.240 e. The van der Waals surface area contributed by atoms with Crippen molar-refractivity contribution in [3.8, 4) is 0 Å². The molecule has 0 spiro atoms. The predicted octanol–water partition coefficient (Wildman–Crippen LogP) is 0.178. The maximum atomic E-state index is 12.3. The Kier molecular flexibility index (Phi) is 5.60. The van der Waals surface area contributed by atoms with Gasteiger partial charge in [-0.2, -0.15) is 0 Å². The topological polar surface area (TPSA) is 59.8 Å². The summed E-state index contributed by atoms with van der Waals surface area (Å²) in [6.07, 6.45) is 0. The molecule has 1 aromatic rings. The summed E-state index contributed by atoms with van der Waals surface area (Å²) in [7, 11) is -3.42. The molecule has 0 unspecified atom stereocenters.